The van der Waals surface area contributed by atoms with E-state index >= 15 is 0 Å². The number of pyridine rings is 1. The van der Waals surface area contributed by atoms with Crippen molar-refractivity contribution in [3.05, 3.63) is 30.1 Å². The number of nitrogen functional groups attached to an aromatic ring is 1. The molecule has 0 unspecified atom stereocenters. The van der Waals surface area contributed by atoms with Crippen LogP contribution in [0, 0.1) is 0 Å². The summed E-state index contributed by atoms with van der Waals surface area (Å²) in [4.78, 5) is 8.04. The lowest BCUT2D eigenvalue weighted by Gasteiger charge is -1.99. The van der Waals surface area contributed by atoms with Gasteiger partial charge in [0.05, 0.1) is 12.2 Å². The second-order valence-corrected chi connectivity index (χ2v) is 2.72. The molecule has 0 aliphatic heterocycles. The monoisotopic (exact) mass is 190 g/mol. The zero-order valence-corrected chi connectivity index (χ0v) is 7.44. The molecule has 2 heterocycles. The Morgan fingerprint density at radius 2 is 2.36 bits per heavy atom. The van der Waals surface area contributed by atoms with Gasteiger partial charge in [-0.05, 0) is 12.1 Å². The van der Waals surface area contributed by atoms with E-state index in [1.807, 2.05) is 18.2 Å². The van der Waals surface area contributed by atoms with Gasteiger partial charge in [-0.15, -0.1) is 5.10 Å². The fourth-order valence-electron chi connectivity index (χ4n) is 1.03. The van der Waals surface area contributed by atoms with Crippen molar-refractivity contribution in [3.63, 3.8) is 0 Å². The Labute approximate surface area is 80.6 Å². The van der Waals surface area contributed by atoms with Crippen molar-refractivity contribution in [1.82, 2.24) is 20.2 Å². The van der Waals surface area contributed by atoms with E-state index in [0.717, 1.165) is 5.69 Å². The molecule has 0 aliphatic rings. The molecule has 0 saturated heterocycles. The van der Waals surface area contributed by atoms with Crippen LogP contribution in [-0.4, -0.2) is 20.2 Å². The average Bonchev–Trinajstić information content (AvgIpc) is 2.63. The first kappa shape index (κ1) is 8.49. The molecule has 0 saturated carbocycles. The van der Waals surface area contributed by atoms with Gasteiger partial charge >= 0.3 is 0 Å². The van der Waals surface area contributed by atoms with Crippen molar-refractivity contribution in [3.8, 4) is 0 Å². The average molecular weight is 190 g/mol. The fraction of sp³-hybridized carbons (Fsp3) is 0.125. The maximum atomic E-state index is 5.36. The Morgan fingerprint density at radius 3 is 3.00 bits per heavy atom. The Bertz CT molecular complexity index is 395. The van der Waals surface area contributed by atoms with Crippen molar-refractivity contribution >= 4 is 11.9 Å². The summed E-state index contributed by atoms with van der Waals surface area (Å²) in [6.45, 7) is 0.581. The number of aromatic amines is 1. The van der Waals surface area contributed by atoms with Gasteiger partial charge in [0.2, 0.25) is 11.9 Å². The van der Waals surface area contributed by atoms with Gasteiger partial charge < -0.3 is 11.1 Å². The molecular formula is C8H10N6. The van der Waals surface area contributed by atoms with Gasteiger partial charge in [0, 0.05) is 6.20 Å². The largest absolute Gasteiger partial charge is 0.368 e. The van der Waals surface area contributed by atoms with Crippen molar-refractivity contribution in [2.45, 2.75) is 6.54 Å². The van der Waals surface area contributed by atoms with Gasteiger partial charge in [-0.2, -0.15) is 4.98 Å². The van der Waals surface area contributed by atoms with Gasteiger partial charge in [-0.1, -0.05) is 6.07 Å². The quantitative estimate of drug-likeness (QED) is 0.651. The van der Waals surface area contributed by atoms with Crippen LogP contribution < -0.4 is 11.1 Å². The third-order valence-electron chi connectivity index (χ3n) is 1.66. The van der Waals surface area contributed by atoms with E-state index in [4.69, 9.17) is 5.73 Å². The highest BCUT2D eigenvalue weighted by Gasteiger charge is 1.98. The standard InChI is InChI=1S/C8H10N6/c9-7-12-8(14-13-7)11-5-6-3-1-2-4-10-6/h1-4H,5H2,(H4,9,11,12,13,14). The summed E-state index contributed by atoms with van der Waals surface area (Å²) >= 11 is 0. The molecule has 0 fully saturated rings. The highest BCUT2D eigenvalue weighted by molar-refractivity contribution is 5.30. The maximum Gasteiger partial charge on any atom is 0.243 e. The van der Waals surface area contributed by atoms with Crippen LogP contribution in [0.1, 0.15) is 5.69 Å². The zero-order chi connectivity index (χ0) is 9.80. The molecule has 72 valence electrons. The molecule has 4 N–H and O–H groups in total. The lowest BCUT2D eigenvalue weighted by Crippen LogP contribution is -2.02. The summed E-state index contributed by atoms with van der Waals surface area (Å²) in [5.74, 6) is 0.779. The van der Waals surface area contributed by atoms with Gasteiger partial charge in [-0.3, -0.25) is 4.98 Å². The lowest BCUT2D eigenvalue weighted by molar-refractivity contribution is 1.00. The van der Waals surface area contributed by atoms with E-state index in [0.29, 0.717) is 18.4 Å². The molecule has 0 aliphatic carbocycles. The molecule has 2 aromatic rings. The smallest absolute Gasteiger partial charge is 0.243 e. The first-order valence-electron chi connectivity index (χ1n) is 4.16. The van der Waals surface area contributed by atoms with E-state index in [1.165, 1.54) is 0 Å². The van der Waals surface area contributed by atoms with Crippen LogP contribution in [0.2, 0.25) is 0 Å². The number of rotatable bonds is 3. The molecule has 2 aromatic heterocycles. The normalized spacial score (nSPS) is 10.0. The van der Waals surface area contributed by atoms with E-state index in [1.54, 1.807) is 6.20 Å². The molecular weight excluding hydrogens is 180 g/mol. The Morgan fingerprint density at radius 1 is 1.43 bits per heavy atom. The number of anilines is 2. The molecule has 14 heavy (non-hydrogen) atoms. The predicted octanol–water partition coefficient (Wildman–Crippen LogP) is 0.394. The highest BCUT2D eigenvalue weighted by atomic mass is 15.3. The number of H-pyrrole nitrogens is 1. The summed E-state index contributed by atoms with van der Waals surface area (Å²) in [7, 11) is 0. The molecule has 0 bridgehead atoms. The van der Waals surface area contributed by atoms with Crippen LogP contribution in [0.5, 0.6) is 0 Å². The third-order valence-corrected chi connectivity index (χ3v) is 1.66. The second-order valence-electron chi connectivity index (χ2n) is 2.72. The van der Waals surface area contributed by atoms with Crippen LogP contribution >= 0.6 is 0 Å². The number of hydrogen-bond donors (Lipinski definition) is 3. The summed E-state index contributed by atoms with van der Waals surface area (Å²) in [6.07, 6.45) is 1.74. The maximum absolute atomic E-state index is 5.36. The van der Waals surface area contributed by atoms with Gasteiger partial charge in [0.15, 0.2) is 0 Å². The minimum atomic E-state index is 0.300. The topological polar surface area (TPSA) is 92.5 Å². The molecule has 2 rings (SSSR count). The number of nitrogens with zero attached hydrogens (tertiary/aromatic N) is 3. The molecule has 0 radical (unpaired) electrons. The van der Waals surface area contributed by atoms with Crippen LogP contribution in [-0.2, 0) is 6.54 Å². The Balaban J connectivity index is 1.95. The zero-order valence-electron chi connectivity index (χ0n) is 7.44. The van der Waals surface area contributed by atoms with Crippen molar-refractivity contribution < 1.29 is 0 Å². The number of nitrogens with one attached hydrogen (secondary N) is 2. The van der Waals surface area contributed by atoms with Crippen molar-refractivity contribution in [1.29, 1.82) is 0 Å². The summed E-state index contributed by atoms with van der Waals surface area (Å²) in [6, 6.07) is 5.72. The number of nitrogens with two attached hydrogens (primary N) is 1. The number of aromatic nitrogens is 4. The van der Waals surface area contributed by atoms with E-state index < -0.39 is 0 Å². The van der Waals surface area contributed by atoms with E-state index in [9.17, 15) is 0 Å². The van der Waals surface area contributed by atoms with Gasteiger partial charge in [0.1, 0.15) is 0 Å². The Hall–Kier alpha value is -2.11. The van der Waals surface area contributed by atoms with Crippen LogP contribution in [0.25, 0.3) is 0 Å². The second kappa shape index (κ2) is 3.73. The van der Waals surface area contributed by atoms with Crippen molar-refractivity contribution in [2.75, 3.05) is 11.1 Å². The highest BCUT2D eigenvalue weighted by Crippen LogP contribution is 2.01. The molecule has 0 spiro atoms. The van der Waals surface area contributed by atoms with Crippen LogP contribution in [0.3, 0.4) is 0 Å². The molecule has 6 heteroatoms. The van der Waals surface area contributed by atoms with Crippen molar-refractivity contribution in [2.24, 2.45) is 0 Å². The SMILES string of the molecule is Nc1nc(NCc2ccccn2)n[nH]1. The van der Waals surface area contributed by atoms with Crippen LogP contribution in [0.15, 0.2) is 24.4 Å². The minimum absolute atomic E-state index is 0.300. The van der Waals surface area contributed by atoms with Gasteiger partial charge in [-0.25, -0.2) is 5.10 Å². The molecule has 0 atom stereocenters. The molecule has 0 aromatic carbocycles. The number of hydrogen-bond acceptors (Lipinski definition) is 5. The molecule has 0 amide bonds. The van der Waals surface area contributed by atoms with E-state index in [-0.39, 0.29) is 0 Å². The third kappa shape index (κ3) is 1.98. The van der Waals surface area contributed by atoms with Gasteiger partial charge in [0.25, 0.3) is 0 Å². The van der Waals surface area contributed by atoms with E-state index in [2.05, 4.69) is 25.5 Å². The lowest BCUT2D eigenvalue weighted by atomic mass is 10.3. The minimum Gasteiger partial charge on any atom is -0.368 e. The van der Waals surface area contributed by atoms with Crippen LogP contribution in [0.4, 0.5) is 11.9 Å². The summed E-state index contributed by atoms with van der Waals surface area (Å²) in [5.41, 5.74) is 6.29. The first-order chi connectivity index (χ1) is 6.84. The molecule has 6 nitrogen and oxygen atoms in total. The predicted molar refractivity (Wildman–Crippen MR) is 52.4 cm³/mol. The fourth-order valence-corrected chi connectivity index (χ4v) is 1.03. The summed E-state index contributed by atoms with van der Waals surface area (Å²) < 4.78 is 0. The first-order valence-corrected chi connectivity index (χ1v) is 4.16. The Kier molecular flexibility index (Phi) is 2.26. The summed E-state index contributed by atoms with van der Waals surface area (Å²) in [5, 5.41) is 9.36.